The maximum Gasteiger partial charge on any atom is 0.262 e. The molecule has 0 aliphatic heterocycles. The lowest BCUT2D eigenvalue weighted by Crippen LogP contribution is -2.20. The van der Waals surface area contributed by atoms with Crippen LogP contribution < -0.4 is 15.4 Å². The van der Waals surface area contributed by atoms with Crippen molar-refractivity contribution in [2.45, 2.75) is 13.3 Å². The van der Waals surface area contributed by atoms with Crippen LogP contribution in [-0.2, 0) is 11.2 Å². The van der Waals surface area contributed by atoms with Crippen LogP contribution in [0.25, 0.3) is 0 Å². The summed E-state index contributed by atoms with van der Waals surface area (Å²) >= 11 is 0. The minimum absolute atomic E-state index is 0.0200. The Morgan fingerprint density at radius 1 is 0.808 bits per heavy atom. The van der Waals surface area contributed by atoms with Crippen LogP contribution in [0.2, 0.25) is 0 Å². The average Bonchev–Trinajstić information content (AvgIpc) is 2.69. The van der Waals surface area contributed by atoms with Gasteiger partial charge in [-0.05, 0) is 60.5 Å². The van der Waals surface area contributed by atoms with E-state index >= 15 is 0 Å². The maximum atomic E-state index is 12.0. The van der Waals surface area contributed by atoms with Crippen molar-refractivity contribution in [1.29, 1.82) is 0 Å². The molecule has 0 atom stereocenters. The van der Waals surface area contributed by atoms with E-state index in [0.717, 1.165) is 23.5 Å². The molecule has 0 unspecified atom stereocenters. The summed E-state index contributed by atoms with van der Waals surface area (Å²) in [6.45, 7) is 2.12. The number of nitrogens with one attached hydrogen (secondary N) is 2. The van der Waals surface area contributed by atoms with E-state index < -0.39 is 0 Å². The summed E-state index contributed by atoms with van der Waals surface area (Å²) in [6.07, 6.45) is 1.03. The second-order valence-corrected chi connectivity index (χ2v) is 5.90. The molecule has 0 aliphatic carbocycles. The molecule has 0 spiro atoms. The molecule has 3 aromatic rings. The van der Waals surface area contributed by atoms with Crippen LogP contribution in [0.3, 0.4) is 0 Å². The van der Waals surface area contributed by atoms with Gasteiger partial charge in [-0.3, -0.25) is 4.79 Å². The van der Waals surface area contributed by atoms with Crippen LogP contribution in [0.4, 0.5) is 17.1 Å². The molecule has 0 heterocycles. The normalized spacial score (nSPS) is 10.2. The second-order valence-electron chi connectivity index (χ2n) is 5.90. The Balaban J connectivity index is 1.51. The van der Waals surface area contributed by atoms with Gasteiger partial charge in [0, 0.05) is 17.1 Å². The Morgan fingerprint density at radius 2 is 1.38 bits per heavy atom. The lowest BCUT2D eigenvalue weighted by molar-refractivity contribution is -0.118. The van der Waals surface area contributed by atoms with E-state index in [-0.39, 0.29) is 12.5 Å². The smallest absolute Gasteiger partial charge is 0.262 e. The van der Waals surface area contributed by atoms with Gasteiger partial charge in [-0.2, -0.15) is 0 Å². The highest BCUT2D eigenvalue weighted by atomic mass is 16.5. The molecule has 0 saturated heterocycles. The zero-order valence-corrected chi connectivity index (χ0v) is 14.7. The van der Waals surface area contributed by atoms with Gasteiger partial charge in [0.15, 0.2) is 6.61 Å². The topological polar surface area (TPSA) is 50.4 Å². The number of carbonyl (C=O) groups excluding carboxylic acids is 1. The van der Waals surface area contributed by atoms with Crippen LogP contribution in [0.15, 0.2) is 78.9 Å². The SMILES string of the molecule is CCc1ccc(Nc2ccc(NC(=O)COc3ccccc3)cc2)cc1. The molecule has 4 heteroatoms. The highest BCUT2D eigenvalue weighted by Crippen LogP contribution is 2.19. The van der Waals surface area contributed by atoms with Crippen molar-refractivity contribution in [3.8, 4) is 5.75 Å². The van der Waals surface area contributed by atoms with Crippen molar-refractivity contribution >= 4 is 23.0 Å². The van der Waals surface area contributed by atoms with Gasteiger partial charge in [-0.1, -0.05) is 37.3 Å². The summed E-state index contributed by atoms with van der Waals surface area (Å²) in [5, 5.41) is 6.17. The van der Waals surface area contributed by atoms with Crippen molar-refractivity contribution in [2.24, 2.45) is 0 Å². The molecule has 0 fully saturated rings. The number of rotatable bonds is 7. The zero-order valence-electron chi connectivity index (χ0n) is 14.7. The first-order chi connectivity index (χ1) is 12.7. The van der Waals surface area contributed by atoms with Crippen molar-refractivity contribution in [3.05, 3.63) is 84.4 Å². The molecule has 132 valence electrons. The molecule has 1 amide bonds. The van der Waals surface area contributed by atoms with Crippen molar-refractivity contribution in [2.75, 3.05) is 17.2 Å². The fourth-order valence-corrected chi connectivity index (χ4v) is 2.49. The van der Waals surface area contributed by atoms with Crippen LogP contribution in [-0.4, -0.2) is 12.5 Å². The van der Waals surface area contributed by atoms with Gasteiger partial charge in [0.05, 0.1) is 0 Å². The lowest BCUT2D eigenvalue weighted by atomic mass is 10.1. The fraction of sp³-hybridized carbons (Fsp3) is 0.136. The summed E-state index contributed by atoms with van der Waals surface area (Å²) in [4.78, 5) is 12.0. The summed E-state index contributed by atoms with van der Waals surface area (Å²) in [5.74, 6) is 0.487. The Labute approximate surface area is 153 Å². The Kier molecular flexibility index (Phi) is 5.88. The third-order valence-electron chi connectivity index (χ3n) is 3.93. The van der Waals surface area contributed by atoms with Gasteiger partial charge >= 0.3 is 0 Å². The Morgan fingerprint density at radius 3 is 2.00 bits per heavy atom. The van der Waals surface area contributed by atoms with Crippen LogP contribution >= 0.6 is 0 Å². The molecule has 0 bridgehead atoms. The summed E-state index contributed by atoms with van der Waals surface area (Å²) < 4.78 is 5.44. The number of ether oxygens (including phenoxy) is 1. The number of hydrogen-bond donors (Lipinski definition) is 2. The summed E-state index contributed by atoms with van der Waals surface area (Å²) in [5.41, 5.74) is 4.05. The number of anilines is 3. The second kappa shape index (κ2) is 8.72. The van der Waals surface area contributed by atoms with Gasteiger partial charge in [-0.25, -0.2) is 0 Å². The molecular weight excluding hydrogens is 324 g/mol. The number of hydrogen-bond acceptors (Lipinski definition) is 3. The molecule has 3 aromatic carbocycles. The van der Waals surface area contributed by atoms with Crippen molar-refractivity contribution in [1.82, 2.24) is 0 Å². The molecule has 3 rings (SSSR count). The monoisotopic (exact) mass is 346 g/mol. The van der Waals surface area contributed by atoms with Gasteiger partial charge in [0.1, 0.15) is 5.75 Å². The minimum Gasteiger partial charge on any atom is -0.484 e. The number of aryl methyl sites for hydroxylation is 1. The van der Waals surface area contributed by atoms with Gasteiger partial charge in [0.2, 0.25) is 0 Å². The van der Waals surface area contributed by atoms with Gasteiger partial charge in [0.25, 0.3) is 5.91 Å². The van der Waals surface area contributed by atoms with Crippen LogP contribution in [0.5, 0.6) is 5.75 Å². The summed E-state index contributed by atoms with van der Waals surface area (Å²) in [6, 6.07) is 25.2. The first-order valence-electron chi connectivity index (χ1n) is 8.66. The Bertz CT molecular complexity index is 828. The lowest BCUT2D eigenvalue weighted by Gasteiger charge is -2.10. The zero-order chi connectivity index (χ0) is 18.2. The first-order valence-corrected chi connectivity index (χ1v) is 8.66. The molecule has 0 aromatic heterocycles. The molecule has 0 saturated carbocycles. The third kappa shape index (κ3) is 5.11. The molecule has 2 N–H and O–H groups in total. The van der Waals surface area contributed by atoms with E-state index in [9.17, 15) is 4.79 Å². The van der Waals surface area contributed by atoms with Crippen LogP contribution in [0, 0.1) is 0 Å². The van der Waals surface area contributed by atoms with Gasteiger partial charge < -0.3 is 15.4 Å². The highest BCUT2D eigenvalue weighted by molar-refractivity contribution is 5.92. The molecule has 0 aliphatic rings. The van der Waals surface area contributed by atoms with E-state index in [1.165, 1.54) is 5.56 Å². The molecule has 26 heavy (non-hydrogen) atoms. The summed E-state index contributed by atoms with van der Waals surface area (Å²) in [7, 11) is 0. The quantitative estimate of drug-likeness (QED) is 0.632. The standard InChI is InChI=1S/C22H22N2O2/c1-2-17-8-10-18(11-9-17)23-19-12-14-20(15-13-19)24-22(25)16-26-21-6-4-3-5-7-21/h3-15,23H,2,16H2,1H3,(H,24,25). The van der Waals surface area contributed by atoms with Crippen molar-refractivity contribution in [3.63, 3.8) is 0 Å². The Hall–Kier alpha value is -3.27. The largest absolute Gasteiger partial charge is 0.484 e. The number of benzene rings is 3. The first kappa shape index (κ1) is 17.5. The van der Waals surface area contributed by atoms with E-state index in [1.54, 1.807) is 0 Å². The number of amides is 1. The van der Waals surface area contributed by atoms with E-state index in [4.69, 9.17) is 4.74 Å². The number of para-hydroxylation sites is 1. The molecular formula is C22H22N2O2. The number of carbonyl (C=O) groups is 1. The maximum absolute atomic E-state index is 12.0. The minimum atomic E-state index is -0.190. The van der Waals surface area contributed by atoms with E-state index in [2.05, 4.69) is 41.8 Å². The molecule has 0 radical (unpaired) electrons. The van der Waals surface area contributed by atoms with Crippen LogP contribution in [0.1, 0.15) is 12.5 Å². The third-order valence-corrected chi connectivity index (χ3v) is 3.93. The predicted octanol–water partition coefficient (Wildman–Crippen LogP) is 5.01. The molecule has 4 nitrogen and oxygen atoms in total. The van der Waals surface area contributed by atoms with E-state index in [1.807, 2.05) is 54.6 Å². The van der Waals surface area contributed by atoms with Crippen molar-refractivity contribution < 1.29 is 9.53 Å². The van der Waals surface area contributed by atoms with E-state index in [0.29, 0.717) is 5.75 Å². The predicted molar refractivity (Wildman–Crippen MR) is 106 cm³/mol. The average molecular weight is 346 g/mol. The highest BCUT2D eigenvalue weighted by Gasteiger charge is 2.04. The fourth-order valence-electron chi connectivity index (χ4n) is 2.49. The van der Waals surface area contributed by atoms with Gasteiger partial charge in [-0.15, -0.1) is 0 Å².